The Morgan fingerprint density at radius 1 is 1.30 bits per heavy atom. The zero-order chi connectivity index (χ0) is 14.5. The predicted molar refractivity (Wildman–Crippen MR) is 79.1 cm³/mol. The molecule has 2 nitrogen and oxygen atoms in total. The van der Waals surface area contributed by atoms with Crippen molar-refractivity contribution >= 4 is 5.91 Å². The third kappa shape index (κ3) is 3.59. The van der Waals surface area contributed by atoms with Gasteiger partial charge in [-0.1, -0.05) is 37.3 Å². The third-order valence-electron chi connectivity index (χ3n) is 4.33. The average molecular weight is 277 g/mol. The molecule has 0 N–H and O–H groups in total. The van der Waals surface area contributed by atoms with Gasteiger partial charge in [0.1, 0.15) is 0 Å². The van der Waals surface area contributed by atoms with Crippen molar-refractivity contribution in [3.63, 3.8) is 0 Å². The molecule has 0 aromatic heterocycles. The Labute approximate surface area is 121 Å². The van der Waals surface area contributed by atoms with E-state index in [0.29, 0.717) is 24.7 Å². The van der Waals surface area contributed by atoms with Gasteiger partial charge in [-0.3, -0.25) is 9.18 Å². The van der Waals surface area contributed by atoms with Crippen LogP contribution in [0.1, 0.15) is 44.7 Å². The van der Waals surface area contributed by atoms with Crippen molar-refractivity contribution in [3.8, 4) is 0 Å². The molecular formula is C17H24FNO. The summed E-state index contributed by atoms with van der Waals surface area (Å²) >= 11 is 0. The normalized spacial score (nSPS) is 22.1. The molecule has 0 bridgehead atoms. The van der Waals surface area contributed by atoms with Crippen LogP contribution in [0.25, 0.3) is 0 Å². The van der Waals surface area contributed by atoms with Gasteiger partial charge in [-0.25, -0.2) is 0 Å². The van der Waals surface area contributed by atoms with E-state index in [9.17, 15) is 9.18 Å². The van der Waals surface area contributed by atoms with E-state index < -0.39 is 0 Å². The highest BCUT2D eigenvalue weighted by Crippen LogP contribution is 2.31. The summed E-state index contributed by atoms with van der Waals surface area (Å²) in [6.45, 7) is 4.71. The van der Waals surface area contributed by atoms with Crippen LogP contribution in [0.3, 0.4) is 0 Å². The first-order chi connectivity index (χ1) is 9.61. The van der Waals surface area contributed by atoms with E-state index in [2.05, 4.69) is 26.0 Å². The lowest BCUT2D eigenvalue weighted by atomic mass is 9.93. The van der Waals surface area contributed by atoms with E-state index in [4.69, 9.17) is 0 Å². The summed E-state index contributed by atoms with van der Waals surface area (Å²) < 4.78 is 12.3. The highest BCUT2D eigenvalue weighted by Gasteiger charge is 2.33. The Balaban J connectivity index is 1.95. The quantitative estimate of drug-likeness (QED) is 0.770. The summed E-state index contributed by atoms with van der Waals surface area (Å²) in [4.78, 5) is 14.2. The third-order valence-corrected chi connectivity index (χ3v) is 4.33. The minimum absolute atomic E-state index is 0.130. The van der Waals surface area contributed by atoms with Gasteiger partial charge >= 0.3 is 0 Å². The van der Waals surface area contributed by atoms with Gasteiger partial charge in [0.05, 0.1) is 12.7 Å². The molecule has 20 heavy (non-hydrogen) atoms. The number of likely N-dealkylation sites (tertiary alicyclic amines) is 1. The molecule has 0 spiro atoms. The van der Waals surface area contributed by atoms with Crippen molar-refractivity contribution in [1.82, 2.24) is 4.90 Å². The number of carbonyl (C=O) groups excluding carboxylic acids is 1. The van der Waals surface area contributed by atoms with Gasteiger partial charge in [0.25, 0.3) is 0 Å². The molecule has 1 aliphatic rings. The second-order valence-electron chi connectivity index (χ2n) is 6.02. The lowest BCUT2D eigenvalue weighted by Gasteiger charge is -2.25. The topological polar surface area (TPSA) is 20.3 Å². The van der Waals surface area contributed by atoms with Crippen molar-refractivity contribution in [3.05, 3.63) is 35.9 Å². The summed E-state index contributed by atoms with van der Waals surface area (Å²) in [6.07, 6.45) is 2.18. The second-order valence-corrected chi connectivity index (χ2v) is 6.02. The molecule has 1 fully saturated rings. The first-order valence-electron chi connectivity index (χ1n) is 7.52. The molecule has 1 saturated heterocycles. The number of hydrogen-bond acceptors (Lipinski definition) is 1. The Bertz CT molecular complexity index is 434. The van der Waals surface area contributed by atoms with Crippen LogP contribution < -0.4 is 0 Å². The minimum atomic E-state index is -0.258. The fourth-order valence-corrected chi connectivity index (χ4v) is 3.13. The lowest BCUT2D eigenvalue weighted by molar-refractivity contribution is -0.129. The Morgan fingerprint density at radius 2 is 2.00 bits per heavy atom. The molecule has 110 valence electrons. The van der Waals surface area contributed by atoms with Crippen LogP contribution in [-0.4, -0.2) is 24.0 Å². The van der Waals surface area contributed by atoms with Crippen LogP contribution in [0.15, 0.2) is 30.3 Å². The van der Waals surface area contributed by atoms with Gasteiger partial charge in [-0.15, -0.1) is 0 Å². The first-order valence-corrected chi connectivity index (χ1v) is 7.52. The molecule has 1 aromatic carbocycles. The number of carbonyl (C=O) groups is 1. The minimum Gasteiger partial charge on any atom is -0.336 e. The molecule has 1 aliphatic heterocycles. The van der Waals surface area contributed by atoms with Crippen LogP contribution in [0.4, 0.5) is 4.39 Å². The molecule has 3 heteroatoms. The van der Waals surface area contributed by atoms with Crippen LogP contribution in [0.5, 0.6) is 0 Å². The number of hydrogen-bond donors (Lipinski definition) is 0. The SMILES string of the molecule is CC(CCF)C[C@H]1CC(=O)N([C@@H](C)c2ccccc2)C1. The molecule has 3 atom stereocenters. The molecule has 0 aliphatic carbocycles. The molecule has 1 amide bonds. The highest BCUT2D eigenvalue weighted by atomic mass is 19.1. The molecule has 1 heterocycles. The molecule has 2 rings (SSSR count). The lowest BCUT2D eigenvalue weighted by Crippen LogP contribution is -2.28. The van der Waals surface area contributed by atoms with Crippen molar-refractivity contribution < 1.29 is 9.18 Å². The molecule has 0 saturated carbocycles. The zero-order valence-electron chi connectivity index (χ0n) is 12.4. The molecule has 0 radical (unpaired) electrons. The van der Waals surface area contributed by atoms with Gasteiger partial charge in [0, 0.05) is 13.0 Å². The van der Waals surface area contributed by atoms with E-state index in [0.717, 1.165) is 13.0 Å². The zero-order valence-corrected chi connectivity index (χ0v) is 12.4. The average Bonchev–Trinajstić information content (AvgIpc) is 2.80. The fourth-order valence-electron chi connectivity index (χ4n) is 3.13. The Hall–Kier alpha value is -1.38. The van der Waals surface area contributed by atoms with Crippen LogP contribution in [0.2, 0.25) is 0 Å². The van der Waals surface area contributed by atoms with E-state index in [1.807, 2.05) is 23.1 Å². The Morgan fingerprint density at radius 3 is 2.65 bits per heavy atom. The summed E-state index contributed by atoms with van der Waals surface area (Å²) in [6, 6.07) is 10.3. The van der Waals surface area contributed by atoms with E-state index in [1.54, 1.807) is 0 Å². The van der Waals surface area contributed by atoms with Crippen molar-refractivity contribution in [1.29, 1.82) is 0 Å². The highest BCUT2D eigenvalue weighted by molar-refractivity contribution is 5.79. The van der Waals surface area contributed by atoms with Gasteiger partial charge in [-0.2, -0.15) is 0 Å². The van der Waals surface area contributed by atoms with Gasteiger partial charge in [0.2, 0.25) is 5.91 Å². The van der Waals surface area contributed by atoms with Crippen LogP contribution >= 0.6 is 0 Å². The summed E-state index contributed by atoms with van der Waals surface area (Å²) in [5, 5.41) is 0. The number of nitrogens with zero attached hydrogens (tertiary/aromatic N) is 1. The maximum absolute atomic E-state index is 12.3. The largest absolute Gasteiger partial charge is 0.336 e. The molecular weight excluding hydrogens is 253 g/mol. The van der Waals surface area contributed by atoms with Gasteiger partial charge in [-0.05, 0) is 37.2 Å². The molecule has 1 unspecified atom stereocenters. The standard InChI is InChI=1S/C17H24FNO/c1-13(8-9-18)10-15-11-17(20)19(12-15)14(2)16-6-4-3-5-7-16/h3-7,13-15H,8-12H2,1-2H3/t13?,14-,15-/m0/s1. The number of alkyl halides is 1. The monoisotopic (exact) mass is 277 g/mol. The maximum Gasteiger partial charge on any atom is 0.223 e. The van der Waals surface area contributed by atoms with Crippen LogP contribution in [0, 0.1) is 11.8 Å². The first kappa shape index (κ1) is 15.0. The van der Waals surface area contributed by atoms with E-state index in [-0.39, 0.29) is 18.6 Å². The van der Waals surface area contributed by atoms with Gasteiger partial charge < -0.3 is 4.90 Å². The number of halogens is 1. The smallest absolute Gasteiger partial charge is 0.223 e. The van der Waals surface area contributed by atoms with Crippen molar-refractivity contribution in [2.24, 2.45) is 11.8 Å². The summed E-state index contributed by atoms with van der Waals surface area (Å²) in [5.74, 6) is 0.985. The van der Waals surface area contributed by atoms with E-state index >= 15 is 0 Å². The summed E-state index contributed by atoms with van der Waals surface area (Å²) in [7, 11) is 0. The van der Waals surface area contributed by atoms with Crippen molar-refractivity contribution in [2.45, 2.75) is 39.2 Å². The van der Waals surface area contributed by atoms with E-state index in [1.165, 1.54) is 5.56 Å². The number of amides is 1. The second kappa shape index (κ2) is 6.87. The number of benzene rings is 1. The van der Waals surface area contributed by atoms with Crippen molar-refractivity contribution in [2.75, 3.05) is 13.2 Å². The Kier molecular flexibility index (Phi) is 5.16. The number of rotatable bonds is 6. The predicted octanol–water partition coefficient (Wildman–Crippen LogP) is 3.98. The summed E-state index contributed by atoms with van der Waals surface area (Å²) in [5.41, 5.74) is 1.18. The van der Waals surface area contributed by atoms with Gasteiger partial charge in [0.15, 0.2) is 0 Å². The molecule has 1 aromatic rings. The van der Waals surface area contributed by atoms with Crippen LogP contribution in [-0.2, 0) is 4.79 Å². The maximum atomic E-state index is 12.3. The fraction of sp³-hybridized carbons (Fsp3) is 0.588.